The molecule has 0 aliphatic carbocycles. The molecule has 1 radical (unpaired) electrons. The van der Waals surface area contributed by atoms with E-state index in [1.165, 1.54) is 5.56 Å². The van der Waals surface area contributed by atoms with Crippen LogP contribution in [0.1, 0.15) is 5.56 Å². The summed E-state index contributed by atoms with van der Waals surface area (Å²) in [5.74, 6) is 3.51. The second kappa shape index (κ2) is 4.30. The molecular formula is C11H14BN2S. The largest absolute Gasteiger partial charge is 0.513 e. The summed E-state index contributed by atoms with van der Waals surface area (Å²) >= 11 is 1.78. The van der Waals surface area contributed by atoms with Gasteiger partial charge in [0, 0.05) is 24.9 Å². The summed E-state index contributed by atoms with van der Waals surface area (Å²) in [5, 5.41) is 9.09. The number of hydrogen-bond donors (Lipinski definition) is 0. The van der Waals surface area contributed by atoms with E-state index in [0.717, 1.165) is 23.2 Å². The van der Waals surface area contributed by atoms with E-state index in [-0.39, 0.29) is 6.13 Å². The minimum Gasteiger partial charge on any atom is -0.513 e. The predicted molar refractivity (Wildman–Crippen MR) is 65.0 cm³/mol. The van der Waals surface area contributed by atoms with Crippen LogP contribution < -0.4 is 0 Å². The normalized spacial score (nSPS) is 26.4. The van der Waals surface area contributed by atoms with Gasteiger partial charge in [0.15, 0.2) is 0 Å². The second-order valence-electron chi connectivity index (χ2n) is 4.20. The van der Waals surface area contributed by atoms with E-state index in [2.05, 4.69) is 37.3 Å². The van der Waals surface area contributed by atoms with Gasteiger partial charge in [-0.1, -0.05) is 36.3 Å². The lowest BCUT2D eigenvalue weighted by atomic mass is 9.87. The van der Waals surface area contributed by atoms with Gasteiger partial charge in [-0.25, -0.2) is 5.26 Å². The van der Waals surface area contributed by atoms with Crippen LogP contribution in [0.15, 0.2) is 30.3 Å². The van der Waals surface area contributed by atoms with Gasteiger partial charge in [0.1, 0.15) is 0 Å². The van der Waals surface area contributed by atoms with Gasteiger partial charge in [-0.3, -0.25) is 0 Å². The Hall–Kier alpha value is -0.915. The van der Waals surface area contributed by atoms with Gasteiger partial charge < -0.3 is 16.0 Å². The van der Waals surface area contributed by atoms with Gasteiger partial charge in [-0.15, -0.1) is 0 Å². The number of nitrogens with zero attached hydrogens (tertiary/aromatic N) is 2. The topological polar surface area (TPSA) is 23.8 Å². The zero-order valence-electron chi connectivity index (χ0n) is 8.89. The minimum atomic E-state index is 0.102. The molecule has 1 aromatic carbocycles. The van der Waals surface area contributed by atoms with Gasteiger partial charge in [0.25, 0.3) is 0 Å². The molecule has 1 aliphatic heterocycles. The minimum absolute atomic E-state index is 0.102. The number of rotatable bonds is 2. The van der Waals surface area contributed by atoms with Crippen LogP contribution in [0.4, 0.5) is 0 Å². The Kier molecular flexibility index (Phi) is 3.04. The van der Waals surface area contributed by atoms with Crippen LogP contribution in [-0.2, 0) is 6.54 Å². The molecule has 77 valence electrons. The highest BCUT2D eigenvalue weighted by atomic mass is 32.2. The first-order valence-electron chi connectivity index (χ1n) is 5.14. The Morgan fingerprint density at radius 1 is 1.47 bits per heavy atom. The van der Waals surface area contributed by atoms with Crippen LogP contribution in [0, 0.1) is 11.2 Å². The molecule has 0 aromatic heterocycles. The van der Waals surface area contributed by atoms with Crippen molar-refractivity contribution in [2.45, 2.75) is 6.54 Å². The highest BCUT2D eigenvalue weighted by Crippen LogP contribution is 2.28. The number of hydrogen-bond acceptors (Lipinski definition) is 2. The van der Waals surface area contributed by atoms with Crippen molar-refractivity contribution in [2.75, 3.05) is 19.3 Å². The number of nitriles is 1. The van der Waals surface area contributed by atoms with Crippen LogP contribution in [-0.4, -0.2) is 29.9 Å². The van der Waals surface area contributed by atoms with E-state index >= 15 is 0 Å². The van der Waals surface area contributed by atoms with E-state index in [0.29, 0.717) is 0 Å². The van der Waals surface area contributed by atoms with Crippen molar-refractivity contribution in [3.05, 3.63) is 35.9 Å². The van der Waals surface area contributed by atoms with Crippen LogP contribution >= 0.6 is 11.6 Å². The molecule has 1 atom stereocenters. The summed E-state index contributed by atoms with van der Waals surface area (Å²) in [7, 11) is 2.18. The summed E-state index contributed by atoms with van der Waals surface area (Å²) in [5.41, 5.74) is 1.32. The third-order valence-corrected chi connectivity index (χ3v) is 4.29. The molecular weight excluding hydrogens is 203 g/mol. The fourth-order valence-corrected chi connectivity index (χ4v) is 3.37. The Balaban J connectivity index is 2.15. The monoisotopic (exact) mass is 217 g/mol. The zero-order valence-corrected chi connectivity index (χ0v) is 9.70. The van der Waals surface area contributed by atoms with Crippen LogP contribution in [0.2, 0.25) is 0 Å². The Labute approximate surface area is 95.5 Å². The van der Waals surface area contributed by atoms with E-state index in [1.54, 1.807) is 11.6 Å². The van der Waals surface area contributed by atoms with Crippen molar-refractivity contribution < 1.29 is 4.39 Å². The van der Waals surface area contributed by atoms with Crippen molar-refractivity contribution in [3.63, 3.8) is 0 Å². The van der Waals surface area contributed by atoms with E-state index in [4.69, 9.17) is 5.26 Å². The highest BCUT2D eigenvalue weighted by molar-refractivity contribution is 8.25. The lowest BCUT2D eigenvalue weighted by molar-refractivity contribution is -0.810. The summed E-state index contributed by atoms with van der Waals surface area (Å²) < 4.78 is 0.852. The van der Waals surface area contributed by atoms with Crippen LogP contribution in [0.3, 0.4) is 0 Å². The molecule has 0 spiro atoms. The van der Waals surface area contributed by atoms with Crippen molar-refractivity contribution in [3.8, 4) is 5.97 Å². The van der Waals surface area contributed by atoms with E-state index < -0.39 is 0 Å². The van der Waals surface area contributed by atoms with Gasteiger partial charge in [-0.05, 0) is 0 Å². The Morgan fingerprint density at radius 3 is 2.87 bits per heavy atom. The smallest absolute Gasteiger partial charge is 0.308 e. The molecule has 1 fully saturated rings. The highest BCUT2D eigenvalue weighted by Gasteiger charge is 2.30. The summed E-state index contributed by atoms with van der Waals surface area (Å²) in [6.45, 7) is 2.06. The maximum absolute atomic E-state index is 9.09. The van der Waals surface area contributed by atoms with Crippen molar-refractivity contribution in [2.24, 2.45) is 0 Å². The summed E-state index contributed by atoms with van der Waals surface area (Å²) in [6, 6.07) is 10.4. The SMILES string of the molecule is C[N+]1(Cc2ccccc2)CCS[B-]1C#N. The molecule has 1 heterocycles. The Morgan fingerprint density at radius 2 is 2.20 bits per heavy atom. The number of benzene rings is 1. The van der Waals surface area contributed by atoms with Crippen LogP contribution in [0.5, 0.6) is 0 Å². The third-order valence-electron chi connectivity index (χ3n) is 2.94. The molecule has 0 saturated carbocycles. The summed E-state index contributed by atoms with van der Waals surface area (Å²) in [4.78, 5) is 0. The standard InChI is InChI=1S/C11H14BN2S/c1-14(7-8-15-12(14)10-13)9-11-5-3-2-4-6-11/h2-6H,7-9H2,1H3. The molecule has 0 bridgehead atoms. The third kappa shape index (κ3) is 2.19. The second-order valence-corrected chi connectivity index (χ2v) is 5.39. The molecule has 4 heteroatoms. The molecule has 1 aliphatic rings. The lowest BCUT2D eigenvalue weighted by Gasteiger charge is -2.42. The van der Waals surface area contributed by atoms with Crippen molar-refractivity contribution >= 4 is 17.7 Å². The first kappa shape index (κ1) is 10.6. The molecule has 0 N–H and O–H groups in total. The first-order chi connectivity index (χ1) is 7.24. The van der Waals surface area contributed by atoms with E-state index in [1.807, 2.05) is 6.07 Å². The molecule has 2 nitrogen and oxygen atoms in total. The van der Waals surface area contributed by atoms with Gasteiger partial charge >= 0.3 is 6.13 Å². The van der Waals surface area contributed by atoms with Crippen molar-refractivity contribution in [1.29, 1.82) is 5.26 Å². The van der Waals surface area contributed by atoms with E-state index in [9.17, 15) is 0 Å². The van der Waals surface area contributed by atoms with Crippen molar-refractivity contribution in [1.82, 2.24) is 0 Å². The number of quaternary nitrogens is 1. The molecule has 1 unspecified atom stereocenters. The average Bonchev–Trinajstić information content (AvgIpc) is 2.60. The molecule has 1 saturated heterocycles. The summed E-state index contributed by atoms with van der Waals surface area (Å²) in [6.07, 6.45) is 0.102. The van der Waals surface area contributed by atoms with Gasteiger partial charge in [0.05, 0.1) is 6.54 Å². The molecule has 2 rings (SSSR count). The maximum atomic E-state index is 9.09. The quantitative estimate of drug-likeness (QED) is 0.707. The average molecular weight is 217 g/mol. The first-order valence-corrected chi connectivity index (χ1v) is 6.19. The van der Waals surface area contributed by atoms with Gasteiger partial charge in [0.2, 0.25) is 0 Å². The fraction of sp³-hybridized carbons (Fsp3) is 0.364. The van der Waals surface area contributed by atoms with Gasteiger partial charge in [-0.2, -0.15) is 0 Å². The van der Waals surface area contributed by atoms with Crippen LogP contribution in [0.25, 0.3) is 0 Å². The fourth-order valence-electron chi connectivity index (χ4n) is 2.01. The predicted octanol–water partition coefficient (Wildman–Crippen LogP) is 1.93. The lowest BCUT2D eigenvalue weighted by Crippen LogP contribution is -2.49. The molecule has 1 aromatic rings. The Bertz CT molecular complexity index is 376. The molecule has 15 heavy (non-hydrogen) atoms. The molecule has 0 amide bonds. The zero-order chi connectivity index (χ0) is 10.7. The maximum Gasteiger partial charge on any atom is 0.308 e.